The van der Waals surface area contributed by atoms with E-state index in [2.05, 4.69) is 25.5 Å². The number of H-pyrrole nitrogens is 2. The van der Waals surface area contributed by atoms with E-state index in [1.807, 2.05) is 7.05 Å². The summed E-state index contributed by atoms with van der Waals surface area (Å²) < 4.78 is 5.27. The number of nitrogens with zero attached hydrogens (tertiary/aromatic N) is 3. The first-order valence-electron chi connectivity index (χ1n) is 15.4. The van der Waals surface area contributed by atoms with Crippen LogP contribution < -0.4 is 26.2 Å². The summed E-state index contributed by atoms with van der Waals surface area (Å²) in [6.07, 6.45) is 1.48. The molecule has 0 unspecified atom stereocenters. The number of non-ortho nitro benzene ring substituents is 2. The number of ether oxygens (including phenoxy) is 1. The van der Waals surface area contributed by atoms with E-state index in [1.54, 1.807) is 54.6 Å². The minimum Gasteiger partial charge on any atom is -0.497 e. The van der Waals surface area contributed by atoms with E-state index in [0.29, 0.717) is 52.0 Å². The Kier molecular flexibility index (Phi) is 8.90. The van der Waals surface area contributed by atoms with Crippen LogP contribution in [0.15, 0.2) is 76.3 Å². The summed E-state index contributed by atoms with van der Waals surface area (Å²) in [5, 5.41) is 31.3. The van der Waals surface area contributed by atoms with Gasteiger partial charge in [-0.15, -0.1) is 0 Å². The molecule has 0 saturated heterocycles. The second-order valence-corrected chi connectivity index (χ2v) is 11.5. The zero-order chi connectivity index (χ0) is 33.9. The molecule has 0 aliphatic heterocycles. The summed E-state index contributed by atoms with van der Waals surface area (Å²) >= 11 is 0. The van der Waals surface area contributed by atoms with Crippen molar-refractivity contribution in [1.82, 2.24) is 14.9 Å². The third-order valence-electron chi connectivity index (χ3n) is 8.44. The highest BCUT2D eigenvalue weighted by Crippen LogP contribution is 2.31. The lowest BCUT2D eigenvalue weighted by Gasteiger charge is -2.18. The molecule has 0 saturated carbocycles. The summed E-state index contributed by atoms with van der Waals surface area (Å²) in [6.45, 7) is 2.54. The Morgan fingerprint density at radius 3 is 1.79 bits per heavy atom. The normalized spacial score (nSPS) is 11.5. The monoisotopic (exact) mass is 651 g/mol. The Labute approximate surface area is 272 Å². The van der Waals surface area contributed by atoms with Crippen molar-refractivity contribution in [2.45, 2.75) is 12.8 Å². The van der Waals surface area contributed by atoms with Crippen LogP contribution in [0.3, 0.4) is 0 Å². The van der Waals surface area contributed by atoms with E-state index >= 15 is 0 Å². The van der Waals surface area contributed by atoms with E-state index < -0.39 is 9.85 Å². The molecule has 4 N–H and O–H groups in total. The van der Waals surface area contributed by atoms with Gasteiger partial charge in [-0.25, -0.2) is 0 Å². The standard InChI is InChI=1S/C34H33N7O7/c1-39(17-5-15-35-25-11-13-27(40(44)45)31-29(25)33(42)21-7-3-4-8-23(21)37-31)18-6-16-36-26-12-14-28(41(46)47)32-30(26)34(43)22-19-20(48-2)9-10-24(22)38-32/h3-4,7-14,19,35-36H,5-6,15-18H2,1-2H3,(H,37,42)(H,38,43). The van der Waals surface area contributed by atoms with Gasteiger partial charge in [0.05, 0.1) is 33.2 Å². The molecule has 246 valence electrons. The number of para-hydroxylation sites is 1. The van der Waals surface area contributed by atoms with Gasteiger partial charge in [0, 0.05) is 52.9 Å². The van der Waals surface area contributed by atoms with Crippen molar-refractivity contribution >= 4 is 66.4 Å². The fraction of sp³-hybridized carbons (Fsp3) is 0.235. The SMILES string of the molecule is COc1ccc2[nH]c3c([N+](=O)[O-])ccc(NCCCN(C)CCCNc4ccc([N+](=O)[O-])c5[nH]c6ccccc6c(=O)c45)c3c(=O)c2c1. The maximum atomic E-state index is 13.5. The van der Waals surface area contributed by atoms with Gasteiger partial charge >= 0.3 is 0 Å². The highest BCUT2D eigenvalue weighted by molar-refractivity contribution is 6.04. The molecule has 0 atom stereocenters. The van der Waals surface area contributed by atoms with Crippen LogP contribution >= 0.6 is 0 Å². The van der Waals surface area contributed by atoms with Gasteiger partial charge in [0.15, 0.2) is 10.9 Å². The number of fused-ring (bicyclic) bond motifs is 4. The molecule has 6 aromatic rings. The number of benzene rings is 4. The fourth-order valence-corrected chi connectivity index (χ4v) is 6.04. The molecule has 0 amide bonds. The third-order valence-corrected chi connectivity index (χ3v) is 8.44. The van der Waals surface area contributed by atoms with Crippen molar-refractivity contribution in [3.8, 4) is 5.75 Å². The predicted octanol–water partition coefficient (Wildman–Crippen LogP) is 5.74. The number of hydrogen-bond donors (Lipinski definition) is 4. The van der Waals surface area contributed by atoms with E-state index in [0.717, 1.165) is 25.9 Å². The highest BCUT2D eigenvalue weighted by Gasteiger charge is 2.21. The molecule has 14 nitrogen and oxygen atoms in total. The molecule has 4 aromatic carbocycles. The molecule has 2 heterocycles. The topological polar surface area (TPSA) is 189 Å². The zero-order valence-corrected chi connectivity index (χ0v) is 26.3. The van der Waals surface area contributed by atoms with Gasteiger partial charge in [-0.2, -0.15) is 0 Å². The van der Waals surface area contributed by atoms with Crippen molar-refractivity contribution in [2.24, 2.45) is 0 Å². The van der Waals surface area contributed by atoms with E-state index in [1.165, 1.54) is 19.2 Å². The Morgan fingerprint density at radius 2 is 1.25 bits per heavy atom. The second-order valence-electron chi connectivity index (χ2n) is 11.5. The molecule has 0 radical (unpaired) electrons. The minimum atomic E-state index is -0.509. The van der Waals surface area contributed by atoms with Crippen molar-refractivity contribution < 1.29 is 14.6 Å². The molecule has 0 aliphatic rings. The van der Waals surface area contributed by atoms with E-state index in [4.69, 9.17) is 4.74 Å². The summed E-state index contributed by atoms with van der Waals surface area (Å²) in [4.78, 5) is 57.6. The maximum Gasteiger partial charge on any atom is 0.293 e. The van der Waals surface area contributed by atoms with Crippen LogP contribution in [0.2, 0.25) is 0 Å². The van der Waals surface area contributed by atoms with Crippen molar-refractivity contribution in [1.29, 1.82) is 0 Å². The smallest absolute Gasteiger partial charge is 0.293 e. The number of methoxy groups -OCH3 is 1. The quantitative estimate of drug-likeness (QED) is 0.0519. The minimum absolute atomic E-state index is 0.160. The first-order chi connectivity index (χ1) is 23.2. The van der Waals surface area contributed by atoms with Crippen LogP contribution in [-0.4, -0.2) is 65.1 Å². The van der Waals surface area contributed by atoms with Crippen LogP contribution in [0.25, 0.3) is 43.6 Å². The molecular weight excluding hydrogens is 618 g/mol. The molecule has 2 aromatic heterocycles. The Morgan fingerprint density at radius 1 is 0.729 bits per heavy atom. The third kappa shape index (κ3) is 6.08. The first kappa shape index (κ1) is 31.9. The lowest BCUT2D eigenvalue weighted by atomic mass is 10.1. The summed E-state index contributed by atoms with van der Waals surface area (Å²) in [5.74, 6) is 0.508. The van der Waals surface area contributed by atoms with Gasteiger partial charge < -0.3 is 30.2 Å². The molecule has 0 bridgehead atoms. The van der Waals surface area contributed by atoms with Crippen LogP contribution in [-0.2, 0) is 0 Å². The number of nitro benzene ring substituents is 2. The molecule has 48 heavy (non-hydrogen) atoms. The van der Waals surface area contributed by atoms with Gasteiger partial charge in [0.2, 0.25) is 0 Å². The first-order valence-corrected chi connectivity index (χ1v) is 15.4. The number of aromatic amines is 2. The van der Waals surface area contributed by atoms with Crippen molar-refractivity contribution in [3.05, 3.63) is 107 Å². The Balaban J connectivity index is 1.08. The number of hydrogen-bond acceptors (Lipinski definition) is 10. The molecule has 6 rings (SSSR count). The van der Waals surface area contributed by atoms with Crippen molar-refractivity contribution in [3.63, 3.8) is 0 Å². The van der Waals surface area contributed by atoms with Crippen LogP contribution in [0, 0.1) is 20.2 Å². The maximum absolute atomic E-state index is 13.5. The van der Waals surface area contributed by atoms with Gasteiger partial charge in [-0.05, 0) is 75.4 Å². The average molecular weight is 652 g/mol. The fourth-order valence-electron chi connectivity index (χ4n) is 6.04. The average Bonchev–Trinajstić information content (AvgIpc) is 3.08. The number of nitrogens with one attached hydrogen (secondary N) is 4. The van der Waals surface area contributed by atoms with Gasteiger partial charge in [-0.3, -0.25) is 29.8 Å². The number of pyridine rings is 2. The molecule has 0 fully saturated rings. The number of aromatic nitrogens is 2. The summed E-state index contributed by atoms with van der Waals surface area (Å²) in [7, 11) is 3.50. The van der Waals surface area contributed by atoms with Gasteiger partial charge in [-0.1, -0.05) is 12.1 Å². The number of rotatable bonds is 13. The van der Waals surface area contributed by atoms with Crippen LogP contribution in [0.1, 0.15) is 12.8 Å². The molecule has 0 aliphatic carbocycles. The molecule has 0 spiro atoms. The van der Waals surface area contributed by atoms with Gasteiger partial charge in [0.25, 0.3) is 11.4 Å². The lowest BCUT2D eigenvalue weighted by molar-refractivity contribution is -0.383. The second kappa shape index (κ2) is 13.4. The predicted molar refractivity (Wildman–Crippen MR) is 188 cm³/mol. The lowest BCUT2D eigenvalue weighted by Crippen LogP contribution is -2.24. The summed E-state index contributed by atoms with van der Waals surface area (Å²) in [6, 6.07) is 17.8. The highest BCUT2D eigenvalue weighted by atomic mass is 16.6. The number of anilines is 2. The van der Waals surface area contributed by atoms with Crippen LogP contribution in [0.4, 0.5) is 22.7 Å². The Hall–Kier alpha value is -6.02. The molecule has 14 heteroatoms. The summed E-state index contributed by atoms with van der Waals surface area (Å²) in [5.41, 5.74) is 1.46. The number of nitro groups is 2. The zero-order valence-electron chi connectivity index (χ0n) is 26.3. The largest absolute Gasteiger partial charge is 0.497 e. The molecular formula is C34H33N7O7. The van der Waals surface area contributed by atoms with Crippen molar-refractivity contribution in [2.75, 3.05) is 51.0 Å². The van der Waals surface area contributed by atoms with E-state index in [-0.39, 0.29) is 44.0 Å². The van der Waals surface area contributed by atoms with E-state index in [9.17, 15) is 29.8 Å². The van der Waals surface area contributed by atoms with Gasteiger partial charge in [0.1, 0.15) is 16.8 Å². The van der Waals surface area contributed by atoms with Crippen LogP contribution in [0.5, 0.6) is 5.75 Å². The Bertz CT molecular complexity index is 2330.